The molecule has 0 aliphatic rings. The Morgan fingerprint density at radius 1 is 1.20 bits per heavy atom. The van der Waals surface area contributed by atoms with E-state index in [0.29, 0.717) is 10.4 Å². The fraction of sp³-hybridized carbons (Fsp3) is 0.200. The van der Waals surface area contributed by atoms with E-state index in [1.54, 1.807) is 36.4 Å². The van der Waals surface area contributed by atoms with Gasteiger partial charge in [0.1, 0.15) is 0 Å². The lowest BCUT2D eigenvalue weighted by Crippen LogP contribution is -2.33. The van der Waals surface area contributed by atoms with E-state index in [2.05, 4.69) is 5.32 Å². The number of amides is 1. The molecule has 1 aromatic carbocycles. The molecule has 0 aliphatic carbocycles. The smallest absolute Gasteiger partial charge is 0.330 e. The normalized spacial score (nSPS) is 11.8. The number of nitrogens with one attached hydrogen (secondary N) is 1. The topological polar surface area (TPSA) is 66.4 Å². The van der Waals surface area contributed by atoms with Crippen molar-refractivity contribution in [2.24, 2.45) is 0 Å². The molecule has 0 aliphatic heterocycles. The van der Waals surface area contributed by atoms with Crippen LogP contribution in [0.2, 0.25) is 0 Å². The molecule has 1 atom stereocenters. The predicted molar refractivity (Wildman–Crippen MR) is 78.0 cm³/mol. The summed E-state index contributed by atoms with van der Waals surface area (Å²) in [5.74, 6) is -1.43. The third-order valence-corrected chi connectivity index (χ3v) is 4.12. The number of thiophene rings is 1. The van der Waals surface area contributed by atoms with Crippen molar-refractivity contribution in [1.29, 1.82) is 0 Å². The Balaban J connectivity index is 2.16. The number of carbonyl (C=O) groups is 2. The summed E-state index contributed by atoms with van der Waals surface area (Å²) >= 11 is 1.38. The molecule has 1 amide bonds. The zero-order chi connectivity index (χ0) is 14.5. The molecule has 0 saturated heterocycles. The quantitative estimate of drug-likeness (QED) is 0.889. The van der Waals surface area contributed by atoms with E-state index < -0.39 is 12.0 Å². The van der Waals surface area contributed by atoms with Crippen LogP contribution < -0.4 is 5.32 Å². The first-order valence-electron chi connectivity index (χ1n) is 6.29. The molecule has 2 N–H and O–H groups in total. The van der Waals surface area contributed by atoms with Gasteiger partial charge >= 0.3 is 5.97 Å². The van der Waals surface area contributed by atoms with Crippen LogP contribution >= 0.6 is 11.3 Å². The Hall–Kier alpha value is -2.14. The lowest BCUT2D eigenvalue weighted by atomic mass is 10.1. The monoisotopic (exact) mass is 289 g/mol. The number of hydrogen-bond acceptors (Lipinski definition) is 3. The third-order valence-electron chi connectivity index (χ3n) is 2.89. The summed E-state index contributed by atoms with van der Waals surface area (Å²) in [6, 6.07) is 11.2. The van der Waals surface area contributed by atoms with E-state index in [-0.39, 0.29) is 5.91 Å². The van der Waals surface area contributed by atoms with Crippen molar-refractivity contribution < 1.29 is 14.7 Å². The van der Waals surface area contributed by atoms with E-state index in [0.717, 1.165) is 11.3 Å². The van der Waals surface area contributed by atoms with Gasteiger partial charge in [-0.3, -0.25) is 4.79 Å². The van der Waals surface area contributed by atoms with Crippen LogP contribution in [0.15, 0.2) is 42.5 Å². The van der Waals surface area contributed by atoms with Crippen molar-refractivity contribution >= 4 is 23.2 Å². The van der Waals surface area contributed by atoms with Crippen LogP contribution in [0.3, 0.4) is 0 Å². The molecule has 0 spiro atoms. The summed E-state index contributed by atoms with van der Waals surface area (Å²) in [4.78, 5) is 25.0. The van der Waals surface area contributed by atoms with Crippen LogP contribution in [0, 0.1) is 0 Å². The minimum absolute atomic E-state index is 0.356. The summed E-state index contributed by atoms with van der Waals surface area (Å²) in [6.07, 6.45) is 0.860. The summed E-state index contributed by atoms with van der Waals surface area (Å²) in [6.45, 7) is 2.01. The van der Waals surface area contributed by atoms with E-state index in [1.165, 1.54) is 11.3 Å². The Labute approximate surface area is 121 Å². The summed E-state index contributed by atoms with van der Waals surface area (Å²) in [5.41, 5.74) is 0.556. The van der Waals surface area contributed by atoms with E-state index in [9.17, 15) is 14.7 Å². The number of carboxylic acid groups (broad SMARTS) is 1. The van der Waals surface area contributed by atoms with Gasteiger partial charge in [0.25, 0.3) is 5.91 Å². The van der Waals surface area contributed by atoms with Crippen LogP contribution in [0.25, 0.3) is 0 Å². The van der Waals surface area contributed by atoms with E-state index in [1.807, 2.05) is 13.0 Å². The van der Waals surface area contributed by atoms with Crippen molar-refractivity contribution in [3.8, 4) is 0 Å². The molecule has 1 heterocycles. The Kier molecular flexibility index (Phi) is 4.53. The molecule has 2 rings (SSSR count). The molecule has 4 nitrogen and oxygen atoms in total. The molecule has 0 bridgehead atoms. The largest absolute Gasteiger partial charge is 0.479 e. The summed E-state index contributed by atoms with van der Waals surface area (Å²) < 4.78 is 0. The average molecular weight is 289 g/mol. The van der Waals surface area contributed by atoms with Crippen molar-refractivity contribution in [3.05, 3.63) is 57.8 Å². The standard InChI is InChI=1S/C15H15NO3S/c1-2-11-8-9-12(20-11)14(17)16-13(15(18)19)10-6-4-3-5-7-10/h3-9,13H,2H2,1H3,(H,16,17)(H,18,19)/t13-/m0/s1. The zero-order valence-electron chi connectivity index (χ0n) is 11.0. The van der Waals surface area contributed by atoms with E-state index in [4.69, 9.17) is 0 Å². The highest BCUT2D eigenvalue weighted by Gasteiger charge is 2.23. The van der Waals surface area contributed by atoms with Gasteiger partial charge in [-0.2, -0.15) is 0 Å². The van der Waals surface area contributed by atoms with Crippen molar-refractivity contribution in [1.82, 2.24) is 5.32 Å². The maximum Gasteiger partial charge on any atom is 0.330 e. The predicted octanol–water partition coefficient (Wildman–Crippen LogP) is 2.87. The molecule has 0 radical (unpaired) electrons. The van der Waals surface area contributed by atoms with Gasteiger partial charge in [-0.15, -0.1) is 11.3 Å². The molecule has 2 aromatic rings. The highest BCUT2D eigenvalue weighted by molar-refractivity contribution is 7.14. The Bertz CT molecular complexity index is 607. The SMILES string of the molecule is CCc1ccc(C(=O)N[C@H](C(=O)O)c2ccccc2)s1. The van der Waals surface area contributed by atoms with Gasteiger partial charge in [0, 0.05) is 4.88 Å². The van der Waals surface area contributed by atoms with Gasteiger partial charge < -0.3 is 10.4 Å². The Morgan fingerprint density at radius 3 is 2.45 bits per heavy atom. The van der Waals surface area contributed by atoms with Crippen molar-refractivity contribution in [2.75, 3.05) is 0 Å². The van der Waals surface area contributed by atoms with Gasteiger partial charge in [0.2, 0.25) is 0 Å². The first-order chi connectivity index (χ1) is 9.61. The molecular formula is C15H15NO3S. The highest BCUT2D eigenvalue weighted by Crippen LogP contribution is 2.19. The number of carboxylic acids is 1. The second-order valence-electron chi connectivity index (χ2n) is 4.27. The maximum atomic E-state index is 12.1. The summed E-state index contributed by atoms with van der Waals surface area (Å²) in [5, 5.41) is 11.8. The molecule has 0 unspecified atom stereocenters. The van der Waals surface area contributed by atoms with Gasteiger partial charge in [-0.1, -0.05) is 37.3 Å². The number of rotatable bonds is 5. The lowest BCUT2D eigenvalue weighted by Gasteiger charge is -2.14. The minimum Gasteiger partial charge on any atom is -0.479 e. The molecule has 0 fully saturated rings. The van der Waals surface area contributed by atoms with Gasteiger partial charge in [-0.25, -0.2) is 4.79 Å². The highest BCUT2D eigenvalue weighted by atomic mass is 32.1. The second kappa shape index (κ2) is 6.34. The number of benzene rings is 1. The minimum atomic E-state index is -1.07. The van der Waals surface area contributed by atoms with Gasteiger partial charge in [-0.05, 0) is 24.1 Å². The van der Waals surface area contributed by atoms with Crippen LogP contribution in [0.4, 0.5) is 0 Å². The molecule has 20 heavy (non-hydrogen) atoms. The third kappa shape index (κ3) is 3.24. The van der Waals surface area contributed by atoms with Crippen LogP contribution in [0.5, 0.6) is 0 Å². The van der Waals surface area contributed by atoms with Gasteiger partial charge in [0.05, 0.1) is 4.88 Å². The summed E-state index contributed by atoms with van der Waals surface area (Å²) in [7, 11) is 0. The number of hydrogen-bond donors (Lipinski definition) is 2. The second-order valence-corrected chi connectivity index (χ2v) is 5.44. The Morgan fingerprint density at radius 2 is 1.90 bits per heavy atom. The molecule has 104 valence electrons. The fourth-order valence-corrected chi connectivity index (χ4v) is 2.68. The van der Waals surface area contributed by atoms with Crippen LogP contribution in [-0.2, 0) is 11.2 Å². The molecular weight excluding hydrogens is 274 g/mol. The van der Waals surface area contributed by atoms with Crippen LogP contribution in [0.1, 0.15) is 33.1 Å². The van der Waals surface area contributed by atoms with Crippen molar-refractivity contribution in [2.45, 2.75) is 19.4 Å². The van der Waals surface area contributed by atoms with Crippen LogP contribution in [-0.4, -0.2) is 17.0 Å². The van der Waals surface area contributed by atoms with Gasteiger partial charge in [0.15, 0.2) is 6.04 Å². The first-order valence-corrected chi connectivity index (χ1v) is 7.10. The molecule has 5 heteroatoms. The van der Waals surface area contributed by atoms with E-state index >= 15 is 0 Å². The number of carbonyl (C=O) groups excluding carboxylic acids is 1. The number of aryl methyl sites for hydroxylation is 1. The number of aliphatic carboxylic acids is 1. The zero-order valence-corrected chi connectivity index (χ0v) is 11.8. The fourth-order valence-electron chi connectivity index (χ4n) is 1.83. The molecule has 1 aromatic heterocycles. The maximum absolute atomic E-state index is 12.1. The molecule has 0 saturated carbocycles. The average Bonchev–Trinajstić information content (AvgIpc) is 2.94. The lowest BCUT2D eigenvalue weighted by molar-refractivity contribution is -0.139. The first kappa shape index (κ1) is 14.3. The van der Waals surface area contributed by atoms with Crippen molar-refractivity contribution in [3.63, 3.8) is 0 Å².